The summed E-state index contributed by atoms with van der Waals surface area (Å²) in [6.07, 6.45) is -0.182. The van der Waals surface area contributed by atoms with Gasteiger partial charge in [0, 0.05) is 28.4 Å². The molecular weight excluding hydrogens is 575 g/mol. The second-order valence-corrected chi connectivity index (χ2v) is 13.5. The first-order valence-electron chi connectivity index (χ1n) is 13.1. The van der Waals surface area contributed by atoms with Crippen LogP contribution >= 0.6 is 0 Å². The quantitative estimate of drug-likeness (QED) is 0.256. The highest BCUT2D eigenvalue weighted by molar-refractivity contribution is 7.93. The van der Waals surface area contributed by atoms with Gasteiger partial charge in [0.1, 0.15) is 17.3 Å². The molecule has 0 unspecified atom stereocenters. The van der Waals surface area contributed by atoms with Crippen LogP contribution in [0.1, 0.15) is 71.0 Å². The zero-order valence-electron chi connectivity index (χ0n) is 24.8. The van der Waals surface area contributed by atoms with Crippen LogP contribution in [0.3, 0.4) is 0 Å². The molecule has 1 amide bonds. The van der Waals surface area contributed by atoms with Gasteiger partial charge in [0.2, 0.25) is 11.8 Å². The molecule has 0 spiro atoms. The standard InChI is InChI=1S/C29H36F3N3O6S/c1-9-40-23-14-18(10-11-21(23)35-42(38,39)29(30,31)32)33-24(36)15-22-16(2)41-26(34-22)17-12-19(27(3,4)5)25(37)20(13-17)28(6,7)8/h10-14,35,37H,9,15H2,1-8H3,(H,33,36). The molecule has 3 rings (SSSR count). The molecule has 42 heavy (non-hydrogen) atoms. The molecule has 9 nitrogen and oxygen atoms in total. The van der Waals surface area contributed by atoms with E-state index in [1.165, 1.54) is 16.9 Å². The minimum atomic E-state index is -5.67. The van der Waals surface area contributed by atoms with E-state index in [0.717, 1.165) is 17.2 Å². The van der Waals surface area contributed by atoms with E-state index in [-0.39, 0.29) is 46.9 Å². The van der Waals surface area contributed by atoms with E-state index in [1.807, 2.05) is 53.7 Å². The highest BCUT2D eigenvalue weighted by atomic mass is 32.2. The number of hydrogen-bond donors (Lipinski definition) is 3. The summed E-state index contributed by atoms with van der Waals surface area (Å²) in [5.74, 6) is 0.214. The summed E-state index contributed by atoms with van der Waals surface area (Å²) in [7, 11) is -5.67. The van der Waals surface area contributed by atoms with Crippen LogP contribution in [0.25, 0.3) is 11.5 Å². The average Bonchev–Trinajstić information content (AvgIpc) is 3.18. The minimum absolute atomic E-state index is 0.0319. The number of anilines is 2. The minimum Gasteiger partial charge on any atom is -0.507 e. The van der Waals surface area contributed by atoms with Crippen LogP contribution in [-0.2, 0) is 32.1 Å². The van der Waals surface area contributed by atoms with Crippen molar-refractivity contribution < 1.29 is 40.6 Å². The summed E-state index contributed by atoms with van der Waals surface area (Å²) in [5.41, 5.74) is -4.04. The SMILES string of the molecule is CCOc1cc(NC(=O)Cc2nc(-c3cc(C(C)(C)C)c(O)c(C(C)(C)C)c3)oc2C)ccc1NS(=O)(=O)C(F)(F)F. The van der Waals surface area contributed by atoms with Crippen molar-refractivity contribution in [3.8, 4) is 23.0 Å². The van der Waals surface area contributed by atoms with Gasteiger partial charge in [0.15, 0.2) is 0 Å². The normalized spacial score (nSPS) is 12.7. The van der Waals surface area contributed by atoms with Gasteiger partial charge >= 0.3 is 15.5 Å². The fourth-order valence-corrected chi connectivity index (χ4v) is 4.71. The number of nitrogens with one attached hydrogen (secondary N) is 2. The van der Waals surface area contributed by atoms with Crippen molar-refractivity contribution in [1.82, 2.24) is 4.98 Å². The van der Waals surface area contributed by atoms with E-state index in [2.05, 4.69) is 10.3 Å². The Kier molecular flexibility index (Phi) is 8.98. The third kappa shape index (κ3) is 7.36. The maximum absolute atomic E-state index is 12.9. The molecule has 0 fully saturated rings. The van der Waals surface area contributed by atoms with Crippen LogP contribution in [0.15, 0.2) is 34.7 Å². The molecule has 3 aromatic rings. The molecular formula is C29H36F3N3O6S. The Morgan fingerprint density at radius 1 is 1.02 bits per heavy atom. The van der Waals surface area contributed by atoms with Gasteiger partial charge < -0.3 is 19.6 Å². The van der Waals surface area contributed by atoms with Gasteiger partial charge in [-0.2, -0.15) is 21.6 Å². The molecule has 0 radical (unpaired) electrons. The van der Waals surface area contributed by atoms with Gasteiger partial charge in [-0.3, -0.25) is 9.52 Å². The van der Waals surface area contributed by atoms with E-state index in [1.54, 1.807) is 13.8 Å². The van der Waals surface area contributed by atoms with E-state index in [9.17, 15) is 31.5 Å². The molecule has 0 aliphatic carbocycles. The summed E-state index contributed by atoms with van der Waals surface area (Å²) in [6, 6.07) is 7.17. The number of benzene rings is 2. The van der Waals surface area contributed by atoms with Crippen LogP contribution in [0.5, 0.6) is 11.5 Å². The van der Waals surface area contributed by atoms with Crippen molar-refractivity contribution in [2.45, 2.75) is 78.1 Å². The summed E-state index contributed by atoms with van der Waals surface area (Å²) in [6.45, 7) is 15.2. The Morgan fingerprint density at radius 2 is 1.60 bits per heavy atom. The highest BCUT2D eigenvalue weighted by Gasteiger charge is 2.46. The number of nitrogens with zero attached hydrogens (tertiary/aromatic N) is 1. The predicted molar refractivity (Wildman–Crippen MR) is 154 cm³/mol. The van der Waals surface area contributed by atoms with Crippen LogP contribution in [0.2, 0.25) is 0 Å². The fraction of sp³-hybridized carbons (Fsp3) is 0.448. The lowest BCUT2D eigenvalue weighted by molar-refractivity contribution is -0.115. The number of aromatic nitrogens is 1. The van der Waals surface area contributed by atoms with E-state index >= 15 is 0 Å². The molecule has 0 saturated heterocycles. The second-order valence-electron chi connectivity index (χ2n) is 11.9. The molecule has 3 N–H and O–H groups in total. The number of oxazole rings is 1. The van der Waals surface area contributed by atoms with Crippen molar-refractivity contribution in [1.29, 1.82) is 0 Å². The Morgan fingerprint density at radius 3 is 2.10 bits per heavy atom. The van der Waals surface area contributed by atoms with Crippen molar-refractivity contribution in [3.05, 3.63) is 52.9 Å². The Balaban J connectivity index is 1.87. The summed E-state index contributed by atoms with van der Waals surface area (Å²) < 4.78 is 74.2. The Labute approximate surface area is 243 Å². The lowest BCUT2D eigenvalue weighted by Gasteiger charge is -2.27. The summed E-state index contributed by atoms with van der Waals surface area (Å²) in [5, 5.41) is 13.6. The van der Waals surface area contributed by atoms with E-state index in [0.29, 0.717) is 17.0 Å². The Bertz CT molecular complexity index is 1550. The van der Waals surface area contributed by atoms with Gasteiger partial charge in [-0.05, 0) is 48.9 Å². The number of aryl methyl sites for hydroxylation is 1. The topological polar surface area (TPSA) is 131 Å². The lowest BCUT2D eigenvalue weighted by atomic mass is 9.78. The number of amides is 1. The number of sulfonamides is 1. The van der Waals surface area contributed by atoms with Crippen molar-refractivity contribution in [3.63, 3.8) is 0 Å². The first kappa shape index (κ1) is 32.8. The number of carbonyl (C=O) groups excluding carboxylic acids is 1. The zero-order valence-corrected chi connectivity index (χ0v) is 25.6. The average molecular weight is 612 g/mol. The van der Waals surface area contributed by atoms with E-state index < -0.39 is 27.1 Å². The van der Waals surface area contributed by atoms with Crippen LogP contribution < -0.4 is 14.8 Å². The predicted octanol–water partition coefficient (Wildman–Crippen LogP) is 6.79. The van der Waals surface area contributed by atoms with Crippen molar-refractivity contribution in [2.24, 2.45) is 0 Å². The molecule has 13 heteroatoms. The summed E-state index contributed by atoms with van der Waals surface area (Å²) >= 11 is 0. The van der Waals surface area contributed by atoms with Crippen LogP contribution in [0, 0.1) is 6.92 Å². The molecule has 230 valence electrons. The number of alkyl halides is 3. The number of carbonyl (C=O) groups is 1. The Hall–Kier alpha value is -3.74. The second kappa shape index (κ2) is 11.5. The molecule has 0 atom stereocenters. The van der Waals surface area contributed by atoms with E-state index in [4.69, 9.17) is 9.15 Å². The number of phenols is 1. The third-order valence-electron chi connectivity index (χ3n) is 6.31. The number of hydrogen-bond acceptors (Lipinski definition) is 7. The number of halogens is 3. The van der Waals surface area contributed by atoms with Crippen LogP contribution in [0.4, 0.5) is 24.5 Å². The number of phenolic OH excluding ortho intramolecular Hbond substituents is 1. The fourth-order valence-electron chi connectivity index (χ4n) is 4.14. The molecule has 0 bridgehead atoms. The maximum Gasteiger partial charge on any atom is 0.516 e. The van der Waals surface area contributed by atoms with Gasteiger partial charge in [0.25, 0.3) is 0 Å². The lowest BCUT2D eigenvalue weighted by Crippen LogP contribution is -2.30. The third-order valence-corrected chi connectivity index (χ3v) is 7.41. The maximum atomic E-state index is 12.9. The monoisotopic (exact) mass is 611 g/mol. The van der Waals surface area contributed by atoms with Gasteiger partial charge in [-0.25, -0.2) is 4.98 Å². The van der Waals surface area contributed by atoms with Crippen LogP contribution in [-0.4, -0.2) is 36.5 Å². The molecule has 0 aliphatic heterocycles. The number of rotatable bonds is 8. The van der Waals surface area contributed by atoms with Gasteiger partial charge in [0.05, 0.1) is 24.4 Å². The molecule has 1 aromatic heterocycles. The first-order valence-corrected chi connectivity index (χ1v) is 14.6. The largest absolute Gasteiger partial charge is 0.516 e. The van der Waals surface area contributed by atoms with Gasteiger partial charge in [-0.15, -0.1) is 0 Å². The molecule has 2 aromatic carbocycles. The molecule has 0 aliphatic rings. The smallest absolute Gasteiger partial charge is 0.507 e. The van der Waals surface area contributed by atoms with Gasteiger partial charge in [-0.1, -0.05) is 41.5 Å². The molecule has 1 heterocycles. The highest BCUT2D eigenvalue weighted by Crippen LogP contribution is 2.42. The number of ether oxygens (including phenoxy) is 1. The summed E-state index contributed by atoms with van der Waals surface area (Å²) in [4.78, 5) is 17.4. The molecule has 0 saturated carbocycles. The van der Waals surface area contributed by atoms with Crippen molar-refractivity contribution >= 4 is 27.3 Å². The zero-order chi connectivity index (χ0) is 31.8. The number of aromatic hydroxyl groups is 1. The van der Waals surface area contributed by atoms with Crippen molar-refractivity contribution in [2.75, 3.05) is 16.6 Å². The first-order chi connectivity index (χ1) is 19.1.